The first-order valence-corrected chi connectivity index (χ1v) is 22.8. The number of amides is 5. The van der Waals surface area contributed by atoms with Crippen molar-refractivity contribution in [3.8, 4) is 10.4 Å². The summed E-state index contributed by atoms with van der Waals surface area (Å²) in [5.74, 6) is -0.863. The molecule has 15 heteroatoms. The molecule has 0 radical (unpaired) electrons. The number of carbonyl (C=O) groups excluding carboxylic acids is 5. The smallest absolute Gasteiger partial charge is 0.410 e. The lowest BCUT2D eigenvalue weighted by molar-refractivity contribution is -0.144. The van der Waals surface area contributed by atoms with Gasteiger partial charge >= 0.3 is 6.09 Å². The highest BCUT2D eigenvalue weighted by Gasteiger charge is 2.44. The monoisotopic (exact) mass is 872 g/mol. The number of piperazine rings is 1. The van der Waals surface area contributed by atoms with Crippen molar-refractivity contribution in [2.75, 3.05) is 64.3 Å². The van der Waals surface area contributed by atoms with Crippen molar-refractivity contribution in [2.24, 2.45) is 11.3 Å². The zero-order valence-electron chi connectivity index (χ0n) is 38.4. The third-order valence-corrected chi connectivity index (χ3v) is 12.5. The predicted octanol–water partition coefficient (Wildman–Crippen LogP) is 6.26. The SMILES string of the molecule is Cc1ncsc1-c1ccc([C@H](C)NC(=O)[C@@H]2C[C@@H](C)CN2C(=O)[C@@H](NC(=O)CCCNC(=O)c2ccc(N3CCN(CCN(C)C(=O)OC(C)(C)C)CC3)cc2)C(C)(C)C)cc1. The summed E-state index contributed by atoms with van der Waals surface area (Å²) in [4.78, 5) is 79.8. The highest BCUT2D eigenvalue weighted by molar-refractivity contribution is 7.13. The van der Waals surface area contributed by atoms with E-state index in [-0.39, 0.29) is 48.1 Å². The predicted molar refractivity (Wildman–Crippen MR) is 245 cm³/mol. The van der Waals surface area contributed by atoms with Gasteiger partial charge in [0.05, 0.1) is 22.1 Å². The van der Waals surface area contributed by atoms with E-state index in [4.69, 9.17) is 4.74 Å². The standard InChI is InChI=1S/C47H68N8O6S/c1-31-28-38(43(58)50-32(2)34-13-15-35(16-14-34)40-33(3)49-30-62-40)55(29-31)44(59)41(46(4,5)6)51-39(56)12-11-21-48-42(57)36-17-19-37(20-18-36)54-26-24-53(25-27-54)23-22-52(10)45(60)61-47(7,8)9/h13-20,30-32,38,41H,11-12,21-29H2,1-10H3,(H,48,57)(H,50,58)(H,51,56)/t31-,32+,38+,41-/m1/s1. The van der Waals surface area contributed by atoms with Gasteiger partial charge in [0.25, 0.3) is 5.91 Å². The van der Waals surface area contributed by atoms with Gasteiger partial charge in [0.1, 0.15) is 17.7 Å². The first-order chi connectivity index (χ1) is 29.2. The second-order valence-electron chi connectivity index (χ2n) is 19.0. The van der Waals surface area contributed by atoms with E-state index < -0.39 is 23.1 Å². The third-order valence-electron chi connectivity index (χ3n) is 11.5. The first-order valence-electron chi connectivity index (χ1n) is 21.9. The van der Waals surface area contributed by atoms with Gasteiger partial charge in [0.15, 0.2) is 0 Å². The van der Waals surface area contributed by atoms with E-state index in [1.165, 1.54) is 0 Å². The van der Waals surface area contributed by atoms with E-state index >= 15 is 0 Å². The number of ether oxygens (including phenoxy) is 1. The molecule has 2 saturated heterocycles. The molecule has 4 atom stereocenters. The number of rotatable bonds is 15. The van der Waals surface area contributed by atoms with Crippen LogP contribution in [0.4, 0.5) is 10.5 Å². The van der Waals surface area contributed by atoms with Crippen molar-refractivity contribution in [3.63, 3.8) is 0 Å². The second-order valence-corrected chi connectivity index (χ2v) is 19.8. The van der Waals surface area contributed by atoms with Gasteiger partial charge < -0.3 is 35.4 Å². The lowest BCUT2D eigenvalue weighted by Crippen LogP contribution is -2.57. The molecule has 1 aromatic heterocycles. The summed E-state index contributed by atoms with van der Waals surface area (Å²) in [6, 6.07) is 13.9. The molecule has 3 heterocycles. The van der Waals surface area contributed by atoms with E-state index in [1.807, 2.05) is 116 Å². The van der Waals surface area contributed by atoms with Crippen LogP contribution in [0, 0.1) is 18.3 Å². The van der Waals surface area contributed by atoms with Crippen LogP contribution in [0.15, 0.2) is 54.0 Å². The van der Waals surface area contributed by atoms with Crippen molar-refractivity contribution in [1.82, 2.24) is 35.6 Å². The fourth-order valence-electron chi connectivity index (χ4n) is 7.81. The van der Waals surface area contributed by atoms with Gasteiger partial charge in [0, 0.05) is 77.1 Å². The van der Waals surface area contributed by atoms with Crippen LogP contribution in [-0.4, -0.2) is 126 Å². The van der Waals surface area contributed by atoms with Gasteiger partial charge in [-0.1, -0.05) is 52.0 Å². The second kappa shape index (κ2) is 20.9. The number of benzene rings is 2. The molecule has 2 aromatic carbocycles. The number of anilines is 1. The molecule has 2 aliphatic heterocycles. The van der Waals surface area contributed by atoms with Crippen LogP contribution in [0.25, 0.3) is 10.4 Å². The Morgan fingerprint density at radius 1 is 0.935 bits per heavy atom. The summed E-state index contributed by atoms with van der Waals surface area (Å²) < 4.78 is 5.45. The molecule has 0 aliphatic carbocycles. The van der Waals surface area contributed by atoms with Crippen molar-refractivity contribution in [2.45, 2.75) is 105 Å². The summed E-state index contributed by atoms with van der Waals surface area (Å²) >= 11 is 1.60. The fourth-order valence-corrected chi connectivity index (χ4v) is 8.62. The number of thiazole rings is 1. The minimum absolute atomic E-state index is 0.121. The number of carbonyl (C=O) groups is 5. The number of nitrogens with zero attached hydrogens (tertiary/aromatic N) is 5. The average molecular weight is 873 g/mol. The number of nitrogens with one attached hydrogen (secondary N) is 3. The summed E-state index contributed by atoms with van der Waals surface area (Å²) in [5, 5.41) is 9.02. The molecule has 0 saturated carbocycles. The number of hydrogen-bond donors (Lipinski definition) is 3. The minimum atomic E-state index is -0.835. The Labute approximate surface area is 372 Å². The molecule has 5 amide bonds. The molecule has 0 unspecified atom stereocenters. The van der Waals surface area contributed by atoms with Crippen molar-refractivity contribution < 1.29 is 28.7 Å². The molecule has 3 N–H and O–H groups in total. The molecule has 338 valence electrons. The number of aromatic nitrogens is 1. The molecule has 0 spiro atoms. The highest BCUT2D eigenvalue weighted by Crippen LogP contribution is 2.31. The van der Waals surface area contributed by atoms with Gasteiger partial charge in [-0.3, -0.25) is 24.1 Å². The van der Waals surface area contributed by atoms with E-state index in [9.17, 15) is 24.0 Å². The lowest BCUT2D eigenvalue weighted by atomic mass is 9.85. The Morgan fingerprint density at radius 2 is 1.60 bits per heavy atom. The molecule has 3 aromatic rings. The average Bonchev–Trinajstić information content (AvgIpc) is 3.84. The number of likely N-dealkylation sites (tertiary alicyclic amines) is 1. The number of hydrogen-bond acceptors (Lipinski definition) is 10. The topological polar surface area (TPSA) is 157 Å². The summed E-state index contributed by atoms with van der Waals surface area (Å²) in [6.07, 6.45) is 0.742. The zero-order chi connectivity index (χ0) is 45.4. The minimum Gasteiger partial charge on any atom is -0.444 e. The van der Waals surface area contributed by atoms with Gasteiger partial charge in [-0.15, -0.1) is 11.3 Å². The van der Waals surface area contributed by atoms with E-state index in [1.54, 1.807) is 28.2 Å². The maximum Gasteiger partial charge on any atom is 0.410 e. The first kappa shape index (κ1) is 48.0. The van der Waals surface area contributed by atoms with Crippen LogP contribution >= 0.6 is 11.3 Å². The van der Waals surface area contributed by atoms with Crippen LogP contribution in [-0.2, 0) is 19.1 Å². The number of aryl methyl sites for hydroxylation is 1. The third kappa shape index (κ3) is 13.2. The molecule has 5 rings (SSSR count). The zero-order valence-corrected chi connectivity index (χ0v) is 39.2. The maximum absolute atomic E-state index is 14.2. The quantitative estimate of drug-likeness (QED) is 0.150. The molecule has 0 bridgehead atoms. The van der Waals surface area contributed by atoms with Crippen LogP contribution in [0.5, 0.6) is 0 Å². The van der Waals surface area contributed by atoms with Gasteiger partial charge in [-0.25, -0.2) is 9.78 Å². The molecular formula is C47H68N8O6S. The molecule has 14 nitrogen and oxygen atoms in total. The van der Waals surface area contributed by atoms with Crippen LogP contribution < -0.4 is 20.9 Å². The Morgan fingerprint density at radius 3 is 2.19 bits per heavy atom. The lowest BCUT2D eigenvalue weighted by Gasteiger charge is -2.36. The summed E-state index contributed by atoms with van der Waals surface area (Å²) in [5.41, 5.74) is 5.31. The fraction of sp³-hybridized carbons (Fsp3) is 0.574. The van der Waals surface area contributed by atoms with Gasteiger partial charge in [-0.2, -0.15) is 0 Å². The Balaban J connectivity index is 1.05. The molecule has 62 heavy (non-hydrogen) atoms. The Hall–Kier alpha value is -5.02. The van der Waals surface area contributed by atoms with E-state index in [2.05, 4.69) is 30.7 Å². The van der Waals surface area contributed by atoms with Crippen molar-refractivity contribution >= 4 is 46.7 Å². The Kier molecular flexibility index (Phi) is 16.2. The molecule has 2 fully saturated rings. The summed E-state index contributed by atoms with van der Waals surface area (Å²) in [7, 11) is 1.76. The molecule has 2 aliphatic rings. The van der Waals surface area contributed by atoms with Gasteiger partial charge in [-0.05, 0) is 94.2 Å². The van der Waals surface area contributed by atoms with E-state index in [0.29, 0.717) is 38.0 Å². The van der Waals surface area contributed by atoms with Gasteiger partial charge in [0.2, 0.25) is 17.7 Å². The molecular weight excluding hydrogens is 805 g/mol. The van der Waals surface area contributed by atoms with Crippen molar-refractivity contribution in [3.05, 3.63) is 70.9 Å². The normalized spacial score (nSPS) is 18.2. The van der Waals surface area contributed by atoms with Crippen LogP contribution in [0.3, 0.4) is 0 Å². The van der Waals surface area contributed by atoms with Crippen LogP contribution in [0.2, 0.25) is 0 Å². The van der Waals surface area contributed by atoms with E-state index in [0.717, 1.165) is 60.1 Å². The summed E-state index contributed by atoms with van der Waals surface area (Å²) in [6.45, 7) is 22.8. The largest absolute Gasteiger partial charge is 0.444 e. The maximum atomic E-state index is 14.2. The Bertz CT molecular complexity index is 2000. The van der Waals surface area contributed by atoms with Crippen molar-refractivity contribution in [1.29, 1.82) is 0 Å². The van der Waals surface area contributed by atoms with Crippen LogP contribution in [0.1, 0.15) is 102 Å². The highest BCUT2D eigenvalue weighted by atomic mass is 32.1. The number of likely N-dealkylation sites (N-methyl/N-ethyl adjacent to an activating group) is 1.